The lowest BCUT2D eigenvalue weighted by molar-refractivity contribution is 0.285. The van der Waals surface area contributed by atoms with Crippen molar-refractivity contribution in [2.24, 2.45) is 11.1 Å². The minimum Gasteiger partial charge on any atom is -0.339 e. The minimum absolute atomic E-state index is 0.0209. The van der Waals surface area contributed by atoms with Crippen molar-refractivity contribution in [2.45, 2.75) is 39.7 Å². The average Bonchev–Trinajstić information content (AvgIpc) is 2.89. The second kappa shape index (κ2) is 5.20. The molecule has 0 aliphatic heterocycles. The summed E-state index contributed by atoms with van der Waals surface area (Å²) in [5.74, 6) is 1.36. The molecule has 0 radical (unpaired) electrons. The van der Waals surface area contributed by atoms with E-state index in [1.165, 1.54) is 4.88 Å². The van der Waals surface area contributed by atoms with Gasteiger partial charge in [-0.3, -0.25) is 0 Å². The molecule has 2 aromatic heterocycles. The summed E-state index contributed by atoms with van der Waals surface area (Å²) in [5, 5.41) is 6.04. The van der Waals surface area contributed by atoms with Gasteiger partial charge in [0.1, 0.15) is 0 Å². The summed E-state index contributed by atoms with van der Waals surface area (Å²) >= 11 is 1.70. The van der Waals surface area contributed by atoms with Gasteiger partial charge in [-0.05, 0) is 16.9 Å². The van der Waals surface area contributed by atoms with Crippen LogP contribution in [-0.2, 0) is 12.8 Å². The van der Waals surface area contributed by atoms with E-state index in [1.54, 1.807) is 11.3 Å². The highest BCUT2D eigenvalue weighted by molar-refractivity contribution is 7.09. The van der Waals surface area contributed by atoms with Crippen molar-refractivity contribution in [3.05, 3.63) is 34.1 Å². The number of aromatic nitrogens is 2. The van der Waals surface area contributed by atoms with Crippen molar-refractivity contribution in [3.63, 3.8) is 0 Å². The Kier molecular flexibility index (Phi) is 3.82. The van der Waals surface area contributed by atoms with Crippen molar-refractivity contribution >= 4 is 11.3 Å². The molecule has 2 aromatic rings. The maximum Gasteiger partial charge on any atom is 0.228 e. The fourth-order valence-corrected chi connectivity index (χ4v) is 2.21. The fourth-order valence-electron chi connectivity index (χ4n) is 1.51. The Balaban J connectivity index is 1.98. The van der Waals surface area contributed by atoms with Crippen LogP contribution >= 0.6 is 11.3 Å². The molecular formula is C13H19N3OS. The molecule has 0 fully saturated rings. The van der Waals surface area contributed by atoms with E-state index in [1.807, 2.05) is 11.4 Å². The summed E-state index contributed by atoms with van der Waals surface area (Å²) < 4.78 is 5.24. The van der Waals surface area contributed by atoms with Crippen LogP contribution in [0.2, 0.25) is 0 Å². The molecule has 2 N–H and O–H groups in total. The fraction of sp³-hybridized carbons (Fsp3) is 0.538. The van der Waals surface area contributed by atoms with Gasteiger partial charge in [-0.15, -0.1) is 11.3 Å². The van der Waals surface area contributed by atoms with Crippen LogP contribution in [0.15, 0.2) is 22.0 Å². The van der Waals surface area contributed by atoms with Gasteiger partial charge < -0.3 is 10.3 Å². The third-order valence-corrected chi connectivity index (χ3v) is 3.81. The lowest BCUT2D eigenvalue weighted by Gasteiger charge is -2.25. The Morgan fingerprint density at radius 2 is 2.22 bits per heavy atom. The van der Waals surface area contributed by atoms with E-state index in [-0.39, 0.29) is 11.5 Å². The third-order valence-electron chi connectivity index (χ3n) is 2.93. The van der Waals surface area contributed by atoms with Gasteiger partial charge in [0.2, 0.25) is 5.89 Å². The molecule has 0 aromatic carbocycles. The van der Waals surface area contributed by atoms with Crippen molar-refractivity contribution in [2.75, 3.05) is 0 Å². The molecule has 0 aliphatic carbocycles. The zero-order valence-corrected chi connectivity index (χ0v) is 11.8. The van der Waals surface area contributed by atoms with Crippen molar-refractivity contribution in [1.29, 1.82) is 0 Å². The van der Waals surface area contributed by atoms with Crippen LogP contribution in [0, 0.1) is 5.41 Å². The summed E-state index contributed by atoms with van der Waals surface area (Å²) in [5.41, 5.74) is 6.15. The van der Waals surface area contributed by atoms with Crippen LogP contribution in [0.3, 0.4) is 0 Å². The summed E-state index contributed by atoms with van der Waals surface area (Å²) in [6, 6.07) is 4.12. The van der Waals surface area contributed by atoms with Crippen molar-refractivity contribution in [1.82, 2.24) is 10.1 Å². The van der Waals surface area contributed by atoms with Crippen LogP contribution in [0.5, 0.6) is 0 Å². The maximum absolute atomic E-state index is 6.10. The van der Waals surface area contributed by atoms with Crippen LogP contribution in [-0.4, -0.2) is 16.2 Å². The molecular weight excluding hydrogens is 246 g/mol. The van der Waals surface area contributed by atoms with Crippen LogP contribution in [0.25, 0.3) is 0 Å². The van der Waals surface area contributed by atoms with E-state index < -0.39 is 0 Å². The molecule has 2 heterocycles. The Morgan fingerprint density at radius 3 is 2.83 bits per heavy atom. The van der Waals surface area contributed by atoms with Crippen LogP contribution in [0.4, 0.5) is 0 Å². The highest BCUT2D eigenvalue weighted by Crippen LogP contribution is 2.20. The molecule has 0 saturated carbocycles. The molecule has 1 unspecified atom stereocenters. The van der Waals surface area contributed by atoms with Gasteiger partial charge >= 0.3 is 0 Å². The number of rotatable bonds is 4. The van der Waals surface area contributed by atoms with Gasteiger partial charge in [0.05, 0.1) is 0 Å². The minimum atomic E-state index is 0.0209. The zero-order valence-electron chi connectivity index (χ0n) is 11.0. The average molecular weight is 265 g/mol. The normalized spacial score (nSPS) is 13.8. The molecule has 0 amide bonds. The number of hydrogen-bond acceptors (Lipinski definition) is 5. The molecule has 2 rings (SSSR count). The molecule has 0 bridgehead atoms. The highest BCUT2D eigenvalue weighted by atomic mass is 32.1. The standard InChI is InChI=1S/C13H19N3OS/c1-13(2,3)10(14)8-12-15-11(16-17-12)7-9-5-4-6-18-9/h4-6,10H,7-8,14H2,1-3H3. The Hall–Kier alpha value is -1.20. The number of hydrogen-bond donors (Lipinski definition) is 1. The Labute approximate surface area is 111 Å². The van der Waals surface area contributed by atoms with Gasteiger partial charge in [0, 0.05) is 23.8 Å². The first-order valence-electron chi connectivity index (χ1n) is 6.04. The quantitative estimate of drug-likeness (QED) is 0.923. The van der Waals surface area contributed by atoms with Crippen molar-refractivity contribution in [3.8, 4) is 0 Å². The van der Waals surface area contributed by atoms with Gasteiger partial charge in [0.25, 0.3) is 0 Å². The van der Waals surface area contributed by atoms with Crippen LogP contribution in [0.1, 0.15) is 37.4 Å². The van der Waals surface area contributed by atoms with Gasteiger partial charge in [-0.2, -0.15) is 4.98 Å². The van der Waals surface area contributed by atoms with Gasteiger partial charge in [-0.1, -0.05) is 32.0 Å². The first kappa shape index (κ1) is 13.2. The number of thiophene rings is 1. The largest absolute Gasteiger partial charge is 0.339 e. The number of nitrogens with zero attached hydrogens (tertiary/aromatic N) is 2. The highest BCUT2D eigenvalue weighted by Gasteiger charge is 2.23. The Bertz CT molecular complexity index is 485. The molecule has 5 heteroatoms. The molecule has 4 nitrogen and oxygen atoms in total. The molecule has 0 aliphatic rings. The SMILES string of the molecule is CC(C)(C)C(N)Cc1nc(Cc2cccs2)no1. The summed E-state index contributed by atoms with van der Waals surface area (Å²) in [6.07, 6.45) is 1.35. The summed E-state index contributed by atoms with van der Waals surface area (Å²) in [7, 11) is 0. The molecule has 98 valence electrons. The maximum atomic E-state index is 6.10. The summed E-state index contributed by atoms with van der Waals surface area (Å²) in [6.45, 7) is 6.34. The van der Waals surface area contributed by atoms with Gasteiger partial charge in [0.15, 0.2) is 5.82 Å². The van der Waals surface area contributed by atoms with Crippen molar-refractivity contribution < 1.29 is 4.52 Å². The lowest BCUT2D eigenvalue weighted by atomic mass is 9.85. The predicted molar refractivity (Wildman–Crippen MR) is 72.6 cm³/mol. The van der Waals surface area contributed by atoms with E-state index in [0.717, 1.165) is 12.2 Å². The first-order chi connectivity index (χ1) is 8.45. The first-order valence-corrected chi connectivity index (χ1v) is 6.92. The topological polar surface area (TPSA) is 64.9 Å². The second-order valence-corrected chi connectivity index (χ2v) is 6.57. The predicted octanol–water partition coefficient (Wildman–Crippen LogP) is 2.64. The molecule has 18 heavy (non-hydrogen) atoms. The number of nitrogens with two attached hydrogens (primary N) is 1. The second-order valence-electron chi connectivity index (χ2n) is 5.54. The van der Waals surface area contributed by atoms with E-state index in [2.05, 4.69) is 37.0 Å². The smallest absolute Gasteiger partial charge is 0.228 e. The van der Waals surface area contributed by atoms with E-state index in [4.69, 9.17) is 10.3 Å². The summed E-state index contributed by atoms with van der Waals surface area (Å²) in [4.78, 5) is 5.63. The van der Waals surface area contributed by atoms with Crippen LogP contribution < -0.4 is 5.73 Å². The van der Waals surface area contributed by atoms with E-state index in [9.17, 15) is 0 Å². The lowest BCUT2D eigenvalue weighted by Crippen LogP contribution is -2.37. The zero-order chi connectivity index (χ0) is 13.2. The monoisotopic (exact) mass is 265 g/mol. The van der Waals surface area contributed by atoms with E-state index in [0.29, 0.717) is 12.3 Å². The third kappa shape index (κ3) is 3.40. The van der Waals surface area contributed by atoms with E-state index >= 15 is 0 Å². The molecule has 0 spiro atoms. The molecule has 1 atom stereocenters. The van der Waals surface area contributed by atoms with Gasteiger partial charge in [-0.25, -0.2) is 0 Å². The Morgan fingerprint density at radius 1 is 1.44 bits per heavy atom. The molecule has 0 saturated heterocycles.